The van der Waals surface area contributed by atoms with Crippen molar-refractivity contribution in [2.75, 3.05) is 5.75 Å². The Morgan fingerprint density at radius 3 is 2.62 bits per heavy atom. The van der Waals surface area contributed by atoms with Crippen LogP contribution in [0.5, 0.6) is 0 Å². The van der Waals surface area contributed by atoms with Gasteiger partial charge in [0.05, 0.1) is 0 Å². The molecule has 1 aromatic rings. The largest absolute Gasteiger partial charge is 0.307 e. The average Bonchev–Trinajstić information content (AvgIpc) is 2.60. The third-order valence-corrected chi connectivity index (χ3v) is 4.20. The molecule has 2 rings (SSSR count). The van der Waals surface area contributed by atoms with Crippen molar-refractivity contribution in [3.8, 4) is 0 Å². The summed E-state index contributed by atoms with van der Waals surface area (Å²) in [6.45, 7) is 8.95. The Labute approximate surface area is 103 Å². The molecule has 1 aromatic carbocycles. The van der Waals surface area contributed by atoms with Crippen LogP contribution in [0.15, 0.2) is 23.1 Å². The van der Waals surface area contributed by atoms with E-state index in [1.807, 2.05) is 11.8 Å². The van der Waals surface area contributed by atoms with E-state index in [9.17, 15) is 0 Å². The molecule has 16 heavy (non-hydrogen) atoms. The first-order valence-corrected chi connectivity index (χ1v) is 7.09. The minimum Gasteiger partial charge on any atom is -0.307 e. The molecule has 0 bridgehead atoms. The average molecular weight is 235 g/mol. The van der Waals surface area contributed by atoms with Gasteiger partial charge in [0.2, 0.25) is 0 Å². The van der Waals surface area contributed by atoms with Crippen molar-refractivity contribution in [2.24, 2.45) is 0 Å². The van der Waals surface area contributed by atoms with Gasteiger partial charge in [-0.3, -0.25) is 0 Å². The first-order chi connectivity index (χ1) is 7.58. The van der Waals surface area contributed by atoms with Crippen LogP contribution in [0.3, 0.4) is 0 Å². The molecular weight excluding hydrogens is 214 g/mol. The van der Waals surface area contributed by atoms with E-state index < -0.39 is 0 Å². The zero-order chi connectivity index (χ0) is 11.7. The van der Waals surface area contributed by atoms with E-state index in [0.29, 0.717) is 18.0 Å². The Kier molecular flexibility index (Phi) is 3.60. The lowest BCUT2D eigenvalue weighted by Crippen LogP contribution is -2.28. The Bertz CT molecular complexity index is 371. The van der Waals surface area contributed by atoms with Gasteiger partial charge in [-0.05, 0) is 23.1 Å². The number of fused-ring (bicyclic) bond motifs is 1. The molecular formula is C14H21NS. The Morgan fingerprint density at radius 1 is 1.25 bits per heavy atom. The quantitative estimate of drug-likeness (QED) is 0.851. The maximum absolute atomic E-state index is 3.64. The lowest BCUT2D eigenvalue weighted by Gasteiger charge is -2.17. The molecule has 1 N–H and O–H groups in total. The highest BCUT2D eigenvalue weighted by atomic mass is 32.2. The van der Waals surface area contributed by atoms with Gasteiger partial charge >= 0.3 is 0 Å². The van der Waals surface area contributed by atoms with E-state index >= 15 is 0 Å². The Balaban J connectivity index is 2.26. The highest BCUT2D eigenvalue weighted by molar-refractivity contribution is 7.99. The summed E-state index contributed by atoms with van der Waals surface area (Å²) in [5.41, 5.74) is 2.96. The van der Waals surface area contributed by atoms with Crippen LogP contribution >= 0.6 is 11.8 Å². The van der Waals surface area contributed by atoms with Gasteiger partial charge in [0.15, 0.2) is 0 Å². The zero-order valence-electron chi connectivity index (χ0n) is 10.6. The van der Waals surface area contributed by atoms with Crippen LogP contribution in [-0.2, 0) is 0 Å². The van der Waals surface area contributed by atoms with Gasteiger partial charge in [0.1, 0.15) is 0 Å². The van der Waals surface area contributed by atoms with Gasteiger partial charge in [-0.15, -0.1) is 11.8 Å². The number of rotatable bonds is 3. The van der Waals surface area contributed by atoms with Gasteiger partial charge < -0.3 is 5.32 Å². The van der Waals surface area contributed by atoms with Crippen LogP contribution in [0.2, 0.25) is 0 Å². The standard InChI is InChI=1S/C14H21NS/c1-9(2)11-5-6-14-12(7-11)13(8-16-14)15-10(3)4/h5-7,9-10,13,15H,8H2,1-4H3. The number of hydrogen-bond acceptors (Lipinski definition) is 2. The van der Waals surface area contributed by atoms with E-state index in [1.165, 1.54) is 21.8 Å². The van der Waals surface area contributed by atoms with Gasteiger partial charge in [0.25, 0.3) is 0 Å². The molecule has 1 nitrogen and oxygen atoms in total. The molecule has 0 spiro atoms. The highest BCUT2D eigenvalue weighted by Gasteiger charge is 2.23. The van der Waals surface area contributed by atoms with Crippen molar-refractivity contribution < 1.29 is 0 Å². The fraction of sp³-hybridized carbons (Fsp3) is 0.571. The molecule has 1 aliphatic heterocycles. The SMILES string of the molecule is CC(C)NC1CSc2ccc(C(C)C)cc21. The fourth-order valence-corrected chi connectivity index (χ4v) is 3.29. The normalized spacial score (nSPS) is 19.5. The van der Waals surface area contributed by atoms with E-state index in [0.717, 1.165) is 0 Å². The summed E-state index contributed by atoms with van der Waals surface area (Å²) in [4.78, 5) is 1.46. The lowest BCUT2D eigenvalue weighted by molar-refractivity contribution is 0.512. The molecule has 0 radical (unpaired) electrons. The molecule has 88 valence electrons. The zero-order valence-corrected chi connectivity index (χ0v) is 11.4. The summed E-state index contributed by atoms with van der Waals surface area (Å²) < 4.78 is 0. The molecule has 0 saturated heterocycles. The molecule has 0 aliphatic carbocycles. The molecule has 1 unspecified atom stereocenters. The monoisotopic (exact) mass is 235 g/mol. The summed E-state index contributed by atoms with van der Waals surface area (Å²) in [6, 6.07) is 8.05. The molecule has 1 atom stereocenters. The Morgan fingerprint density at radius 2 is 2.00 bits per heavy atom. The second-order valence-electron chi connectivity index (χ2n) is 5.14. The lowest BCUT2D eigenvalue weighted by atomic mass is 9.98. The number of nitrogens with one attached hydrogen (secondary N) is 1. The first-order valence-electron chi connectivity index (χ1n) is 6.10. The molecule has 1 heterocycles. The second kappa shape index (κ2) is 4.80. The van der Waals surface area contributed by atoms with Crippen LogP contribution in [0.1, 0.15) is 50.8 Å². The van der Waals surface area contributed by atoms with Gasteiger partial charge in [0, 0.05) is 22.7 Å². The molecule has 2 heteroatoms. The number of hydrogen-bond donors (Lipinski definition) is 1. The van der Waals surface area contributed by atoms with Crippen molar-refractivity contribution in [1.29, 1.82) is 0 Å². The van der Waals surface area contributed by atoms with Crippen molar-refractivity contribution in [3.05, 3.63) is 29.3 Å². The van der Waals surface area contributed by atoms with Crippen LogP contribution in [0, 0.1) is 0 Å². The minimum absolute atomic E-state index is 0.540. The molecule has 0 saturated carbocycles. The molecule has 1 aliphatic rings. The molecule has 0 amide bonds. The Hall–Kier alpha value is -0.470. The van der Waals surface area contributed by atoms with Gasteiger partial charge in [-0.2, -0.15) is 0 Å². The fourth-order valence-electron chi connectivity index (χ4n) is 2.13. The summed E-state index contributed by atoms with van der Waals surface area (Å²) in [5, 5.41) is 3.64. The van der Waals surface area contributed by atoms with E-state index in [1.54, 1.807) is 0 Å². The van der Waals surface area contributed by atoms with E-state index in [4.69, 9.17) is 0 Å². The van der Waals surface area contributed by atoms with Crippen LogP contribution in [0.25, 0.3) is 0 Å². The number of benzene rings is 1. The maximum Gasteiger partial charge on any atom is 0.0428 e. The first kappa shape index (κ1) is 12.0. The van der Waals surface area contributed by atoms with Crippen LogP contribution < -0.4 is 5.32 Å². The van der Waals surface area contributed by atoms with Crippen molar-refractivity contribution in [2.45, 2.75) is 50.6 Å². The van der Waals surface area contributed by atoms with Crippen molar-refractivity contribution in [1.82, 2.24) is 5.32 Å². The van der Waals surface area contributed by atoms with Gasteiger partial charge in [-0.1, -0.05) is 39.8 Å². The number of thioether (sulfide) groups is 1. The minimum atomic E-state index is 0.540. The van der Waals surface area contributed by atoms with Crippen molar-refractivity contribution >= 4 is 11.8 Å². The predicted octanol–water partition coefficient (Wildman–Crippen LogP) is 3.95. The third-order valence-electron chi connectivity index (χ3n) is 3.02. The molecule has 0 aromatic heterocycles. The van der Waals surface area contributed by atoms with Gasteiger partial charge in [-0.25, -0.2) is 0 Å². The maximum atomic E-state index is 3.64. The van der Waals surface area contributed by atoms with E-state index in [2.05, 4.69) is 51.2 Å². The second-order valence-corrected chi connectivity index (χ2v) is 6.20. The molecule has 0 fully saturated rings. The summed E-state index contributed by atoms with van der Waals surface area (Å²) in [7, 11) is 0. The summed E-state index contributed by atoms with van der Waals surface area (Å²) in [6.07, 6.45) is 0. The van der Waals surface area contributed by atoms with Crippen LogP contribution in [0.4, 0.5) is 0 Å². The smallest absolute Gasteiger partial charge is 0.0428 e. The topological polar surface area (TPSA) is 12.0 Å². The van der Waals surface area contributed by atoms with Crippen molar-refractivity contribution in [3.63, 3.8) is 0 Å². The third kappa shape index (κ3) is 2.44. The highest BCUT2D eigenvalue weighted by Crippen LogP contribution is 2.39. The van der Waals surface area contributed by atoms with E-state index in [-0.39, 0.29) is 0 Å². The van der Waals surface area contributed by atoms with Crippen LogP contribution in [-0.4, -0.2) is 11.8 Å². The summed E-state index contributed by atoms with van der Waals surface area (Å²) in [5.74, 6) is 1.80. The predicted molar refractivity (Wildman–Crippen MR) is 72.3 cm³/mol. The summed E-state index contributed by atoms with van der Waals surface area (Å²) >= 11 is 1.98.